The molecule has 13 heteroatoms. The van der Waals surface area contributed by atoms with E-state index in [2.05, 4.69) is 21.2 Å². The first-order valence-electron chi connectivity index (χ1n) is 12.9. The number of allylic oxidation sites excluding steroid dienone is 1. The predicted molar refractivity (Wildman–Crippen MR) is 150 cm³/mol. The molecule has 42 heavy (non-hydrogen) atoms. The number of methoxy groups -OCH3 is 1. The van der Waals surface area contributed by atoms with Crippen LogP contribution in [0.25, 0.3) is 11.3 Å². The number of nitrogens with one attached hydrogen (secondary N) is 3. The Hall–Kier alpha value is -5.30. The van der Waals surface area contributed by atoms with Crippen LogP contribution in [0.4, 0.5) is 4.79 Å². The lowest BCUT2D eigenvalue weighted by Crippen LogP contribution is -2.45. The standard InChI is InChI=1S/C29H30N4O9/c1-4-40-23-13-17(26-25(28(37)39-3)16(2)31-29(38)32-26)9-11-22(23)41-15-24(34)33-30-14-18-10-12-21(42-18)19-7-5-6-8-20(19)27(35)36/h5-14,24,26,33-34H,4,15H2,1-3H3,(H,35,36)(H2,31,32,38)/b30-14-/t24-,26+/m1/s1. The number of carboxylic acids is 1. The van der Waals surface area contributed by atoms with Gasteiger partial charge in [0.15, 0.2) is 17.7 Å². The molecular formula is C29H30N4O9. The maximum Gasteiger partial charge on any atom is 0.337 e. The van der Waals surface area contributed by atoms with Crippen LogP contribution in [0.3, 0.4) is 0 Å². The first kappa shape index (κ1) is 29.7. The fourth-order valence-electron chi connectivity index (χ4n) is 4.26. The molecule has 0 saturated carbocycles. The molecule has 3 aromatic rings. The fraction of sp³-hybridized carbons (Fsp3) is 0.241. The molecular weight excluding hydrogens is 548 g/mol. The first-order valence-corrected chi connectivity index (χ1v) is 12.9. The molecule has 2 atom stereocenters. The van der Waals surface area contributed by atoms with E-state index in [1.807, 2.05) is 0 Å². The summed E-state index contributed by atoms with van der Waals surface area (Å²) < 4.78 is 22.0. The van der Waals surface area contributed by atoms with E-state index in [1.165, 1.54) is 19.4 Å². The summed E-state index contributed by atoms with van der Waals surface area (Å²) in [7, 11) is 1.26. The summed E-state index contributed by atoms with van der Waals surface area (Å²) in [6.07, 6.45) is 0.121. The lowest BCUT2D eigenvalue weighted by atomic mass is 9.95. The molecule has 0 aliphatic carbocycles. The quantitative estimate of drug-likeness (QED) is 0.0927. The Balaban J connectivity index is 1.40. The molecule has 0 spiro atoms. The molecule has 0 radical (unpaired) electrons. The Bertz CT molecular complexity index is 1530. The third-order valence-electron chi connectivity index (χ3n) is 6.14. The van der Waals surface area contributed by atoms with E-state index < -0.39 is 30.2 Å². The molecule has 0 bridgehead atoms. The number of carbonyl (C=O) groups is 3. The lowest BCUT2D eigenvalue weighted by Gasteiger charge is -2.28. The molecule has 0 unspecified atom stereocenters. The number of urea groups is 1. The van der Waals surface area contributed by atoms with E-state index in [0.717, 1.165) is 0 Å². The number of carboxylic acid groups (broad SMARTS) is 1. The van der Waals surface area contributed by atoms with Crippen molar-refractivity contribution in [1.29, 1.82) is 0 Å². The summed E-state index contributed by atoms with van der Waals surface area (Å²) in [5, 5.41) is 29.0. The average Bonchev–Trinajstić information content (AvgIpc) is 3.44. The van der Waals surface area contributed by atoms with Crippen LogP contribution in [0.5, 0.6) is 11.5 Å². The van der Waals surface area contributed by atoms with Crippen molar-refractivity contribution in [3.05, 3.63) is 82.8 Å². The van der Waals surface area contributed by atoms with Crippen LogP contribution in [-0.2, 0) is 9.53 Å². The van der Waals surface area contributed by atoms with Crippen LogP contribution in [0, 0.1) is 0 Å². The van der Waals surface area contributed by atoms with Gasteiger partial charge in [0.05, 0.1) is 37.1 Å². The van der Waals surface area contributed by atoms with Gasteiger partial charge in [0.1, 0.15) is 18.1 Å². The van der Waals surface area contributed by atoms with Gasteiger partial charge in [0.2, 0.25) is 0 Å². The van der Waals surface area contributed by atoms with Gasteiger partial charge in [-0.1, -0.05) is 24.3 Å². The number of nitrogens with zero attached hydrogens (tertiary/aromatic N) is 1. The Morgan fingerprint density at radius 3 is 2.67 bits per heavy atom. The number of amides is 2. The van der Waals surface area contributed by atoms with Crippen LogP contribution in [-0.4, -0.2) is 60.9 Å². The number of hydrogen-bond donors (Lipinski definition) is 5. The molecule has 1 aliphatic rings. The largest absolute Gasteiger partial charge is 0.490 e. The third kappa shape index (κ3) is 6.88. The topological polar surface area (TPSA) is 181 Å². The van der Waals surface area contributed by atoms with Crippen LogP contribution >= 0.6 is 0 Å². The van der Waals surface area contributed by atoms with Gasteiger partial charge in [-0.15, -0.1) is 0 Å². The van der Waals surface area contributed by atoms with Gasteiger partial charge in [-0.3, -0.25) is 5.43 Å². The maximum atomic E-state index is 12.4. The summed E-state index contributed by atoms with van der Waals surface area (Å²) in [6, 6.07) is 13.4. The number of hydrazone groups is 1. The molecule has 13 nitrogen and oxygen atoms in total. The van der Waals surface area contributed by atoms with Gasteiger partial charge in [0, 0.05) is 11.3 Å². The van der Waals surface area contributed by atoms with Gasteiger partial charge in [0.25, 0.3) is 0 Å². The number of hydrogen-bond acceptors (Lipinski definition) is 10. The Morgan fingerprint density at radius 2 is 1.93 bits per heavy atom. The molecule has 1 aromatic heterocycles. The number of aliphatic hydroxyl groups is 1. The Morgan fingerprint density at radius 1 is 1.14 bits per heavy atom. The number of aromatic carboxylic acids is 1. The van der Waals surface area contributed by atoms with E-state index >= 15 is 0 Å². The van der Waals surface area contributed by atoms with E-state index in [9.17, 15) is 24.6 Å². The molecule has 220 valence electrons. The van der Waals surface area contributed by atoms with Gasteiger partial charge >= 0.3 is 18.0 Å². The predicted octanol–water partition coefficient (Wildman–Crippen LogP) is 3.17. The summed E-state index contributed by atoms with van der Waals surface area (Å²) in [5.41, 5.74) is 4.25. The van der Waals surface area contributed by atoms with Crippen molar-refractivity contribution in [3.8, 4) is 22.8 Å². The first-order chi connectivity index (χ1) is 20.2. The second kappa shape index (κ2) is 13.4. The summed E-state index contributed by atoms with van der Waals surface area (Å²) in [6.45, 7) is 3.50. The summed E-state index contributed by atoms with van der Waals surface area (Å²) >= 11 is 0. The second-order valence-electron chi connectivity index (χ2n) is 8.97. The molecule has 0 saturated heterocycles. The number of ether oxygens (including phenoxy) is 3. The van der Waals surface area contributed by atoms with Crippen LogP contribution in [0.15, 0.2) is 75.4 Å². The van der Waals surface area contributed by atoms with Crippen LogP contribution in [0.1, 0.15) is 41.6 Å². The average molecular weight is 579 g/mol. The van der Waals surface area contributed by atoms with E-state index in [1.54, 1.807) is 62.4 Å². The molecule has 1 aliphatic heterocycles. The molecule has 2 aromatic carbocycles. The van der Waals surface area contributed by atoms with Crippen molar-refractivity contribution in [1.82, 2.24) is 16.1 Å². The molecule has 5 N–H and O–H groups in total. The molecule has 2 amide bonds. The SMILES string of the molecule is CCOc1cc([C@@H]2NC(=O)NC(C)=C2C(=O)OC)ccc1OC[C@@H](O)N/N=C\c1ccc(-c2ccccc2C(=O)O)o1. The molecule has 0 fully saturated rings. The van der Waals surface area contributed by atoms with Crippen molar-refractivity contribution in [2.45, 2.75) is 26.1 Å². The highest BCUT2D eigenvalue weighted by molar-refractivity contribution is 5.96. The zero-order valence-corrected chi connectivity index (χ0v) is 23.0. The Kier molecular flexibility index (Phi) is 9.45. The minimum atomic E-state index is -1.21. The normalized spacial score (nSPS) is 15.5. The minimum absolute atomic E-state index is 0.108. The highest BCUT2D eigenvalue weighted by Gasteiger charge is 2.32. The molecule has 2 heterocycles. The highest BCUT2D eigenvalue weighted by atomic mass is 16.5. The number of esters is 1. The molecule has 4 rings (SSSR count). The number of benzene rings is 2. The zero-order valence-electron chi connectivity index (χ0n) is 23.0. The number of furan rings is 1. The van der Waals surface area contributed by atoms with Crippen molar-refractivity contribution in [2.75, 3.05) is 20.3 Å². The Labute approximate surface area is 240 Å². The van der Waals surface area contributed by atoms with Gasteiger partial charge in [-0.05, 0) is 49.7 Å². The summed E-state index contributed by atoms with van der Waals surface area (Å²) in [5.74, 6) is -0.308. The zero-order chi connectivity index (χ0) is 30.2. The fourth-order valence-corrected chi connectivity index (χ4v) is 4.26. The lowest BCUT2D eigenvalue weighted by molar-refractivity contribution is -0.136. The van der Waals surface area contributed by atoms with Crippen molar-refractivity contribution in [3.63, 3.8) is 0 Å². The van der Waals surface area contributed by atoms with Crippen LogP contribution < -0.4 is 25.5 Å². The maximum absolute atomic E-state index is 12.4. The highest BCUT2D eigenvalue weighted by Crippen LogP contribution is 2.35. The van der Waals surface area contributed by atoms with Crippen molar-refractivity contribution in [2.24, 2.45) is 5.10 Å². The van der Waals surface area contributed by atoms with Gasteiger partial charge in [-0.2, -0.15) is 5.10 Å². The van der Waals surface area contributed by atoms with Crippen LogP contribution in [0.2, 0.25) is 0 Å². The van der Waals surface area contributed by atoms with E-state index in [4.69, 9.17) is 18.6 Å². The van der Waals surface area contributed by atoms with Gasteiger partial charge < -0.3 is 39.5 Å². The summed E-state index contributed by atoms with van der Waals surface area (Å²) in [4.78, 5) is 36.0. The number of carbonyl (C=O) groups excluding carboxylic acids is 2. The number of aliphatic hydroxyl groups excluding tert-OH is 1. The van der Waals surface area contributed by atoms with Crippen molar-refractivity contribution >= 4 is 24.2 Å². The second-order valence-corrected chi connectivity index (χ2v) is 8.97. The van der Waals surface area contributed by atoms with Gasteiger partial charge in [-0.25, -0.2) is 14.4 Å². The van der Waals surface area contributed by atoms with E-state index in [-0.39, 0.29) is 17.7 Å². The van der Waals surface area contributed by atoms with E-state index in [0.29, 0.717) is 46.5 Å². The van der Waals surface area contributed by atoms with Crippen molar-refractivity contribution < 1.29 is 43.2 Å². The third-order valence-corrected chi connectivity index (χ3v) is 6.14. The monoisotopic (exact) mass is 578 g/mol. The smallest absolute Gasteiger partial charge is 0.337 e. The number of rotatable bonds is 12. The minimum Gasteiger partial charge on any atom is -0.490 e.